The molecule has 0 fully saturated rings. The fourth-order valence-electron chi connectivity index (χ4n) is 1.83. The molecule has 0 unspecified atom stereocenters. The van der Waals surface area contributed by atoms with Crippen LogP contribution in [0.2, 0.25) is 0 Å². The van der Waals surface area contributed by atoms with Gasteiger partial charge in [-0.05, 0) is 31.5 Å². The van der Waals surface area contributed by atoms with Gasteiger partial charge in [-0.1, -0.05) is 12.1 Å². The Hall–Kier alpha value is -1.43. The van der Waals surface area contributed by atoms with Gasteiger partial charge in [0.15, 0.2) is 0 Å². The SMILES string of the molecule is COCCN(CCO)C(=O)c1ccc(COC(C)C)cc1. The van der Waals surface area contributed by atoms with Crippen LogP contribution in [-0.2, 0) is 16.1 Å². The zero-order valence-corrected chi connectivity index (χ0v) is 13.0. The van der Waals surface area contributed by atoms with Crippen LogP contribution in [0.1, 0.15) is 29.8 Å². The van der Waals surface area contributed by atoms with E-state index in [2.05, 4.69) is 0 Å². The molecule has 0 aliphatic rings. The zero-order chi connectivity index (χ0) is 15.7. The Bertz CT molecular complexity index is 417. The first-order valence-corrected chi connectivity index (χ1v) is 7.18. The fourth-order valence-corrected chi connectivity index (χ4v) is 1.83. The average molecular weight is 295 g/mol. The number of benzene rings is 1. The molecule has 0 saturated carbocycles. The lowest BCUT2D eigenvalue weighted by molar-refractivity contribution is 0.0645. The highest BCUT2D eigenvalue weighted by Gasteiger charge is 2.14. The van der Waals surface area contributed by atoms with E-state index in [9.17, 15) is 4.79 Å². The molecule has 0 heterocycles. The third-order valence-corrected chi connectivity index (χ3v) is 3.01. The Morgan fingerprint density at radius 3 is 2.43 bits per heavy atom. The Balaban J connectivity index is 2.67. The van der Waals surface area contributed by atoms with Crippen LogP contribution in [-0.4, -0.2) is 55.4 Å². The van der Waals surface area contributed by atoms with Gasteiger partial charge in [0.05, 0.1) is 25.9 Å². The minimum atomic E-state index is -0.0996. The summed E-state index contributed by atoms with van der Waals surface area (Å²) in [5, 5.41) is 9.05. The largest absolute Gasteiger partial charge is 0.395 e. The van der Waals surface area contributed by atoms with Crippen molar-refractivity contribution in [1.29, 1.82) is 0 Å². The predicted molar refractivity (Wildman–Crippen MR) is 81.2 cm³/mol. The summed E-state index contributed by atoms with van der Waals surface area (Å²) in [5.74, 6) is -0.0996. The first-order valence-electron chi connectivity index (χ1n) is 7.18. The number of nitrogens with zero attached hydrogens (tertiary/aromatic N) is 1. The van der Waals surface area contributed by atoms with Gasteiger partial charge in [0.25, 0.3) is 5.91 Å². The van der Waals surface area contributed by atoms with E-state index in [0.29, 0.717) is 31.9 Å². The molecule has 1 amide bonds. The highest BCUT2D eigenvalue weighted by Crippen LogP contribution is 2.09. The fraction of sp³-hybridized carbons (Fsp3) is 0.562. The minimum absolute atomic E-state index is 0.0598. The van der Waals surface area contributed by atoms with Crippen molar-refractivity contribution >= 4 is 5.91 Å². The number of carbonyl (C=O) groups is 1. The second-order valence-electron chi connectivity index (χ2n) is 5.07. The van der Waals surface area contributed by atoms with E-state index in [4.69, 9.17) is 14.6 Å². The lowest BCUT2D eigenvalue weighted by atomic mass is 10.1. The van der Waals surface area contributed by atoms with Crippen LogP contribution in [0.4, 0.5) is 0 Å². The molecule has 0 spiro atoms. The standard InChI is InChI=1S/C16H25NO4/c1-13(2)21-12-14-4-6-15(7-5-14)16(19)17(8-10-18)9-11-20-3/h4-7,13,18H,8-12H2,1-3H3. The molecule has 0 saturated heterocycles. The maximum absolute atomic E-state index is 12.3. The molecular formula is C16H25NO4. The number of hydrogen-bond acceptors (Lipinski definition) is 4. The van der Waals surface area contributed by atoms with Crippen molar-refractivity contribution < 1.29 is 19.4 Å². The summed E-state index contributed by atoms with van der Waals surface area (Å²) in [5.41, 5.74) is 1.64. The third-order valence-electron chi connectivity index (χ3n) is 3.01. The van der Waals surface area contributed by atoms with Crippen LogP contribution in [0, 0.1) is 0 Å². The zero-order valence-electron chi connectivity index (χ0n) is 13.0. The molecule has 1 rings (SSSR count). The van der Waals surface area contributed by atoms with Gasteiger partial charge in [0.1, 0.15) is 0 Å². The highest BCUT2D eigenvalue weighted by atomic mass is 16.5. The molecule has 0 atom stereocenters. The number of amides is 1. The van der Waals surface area contributed by atoms with E-state index in [1.54, 1.807) is 24.1 Å². The van der Waals surface area contributed by atoms with E-state index in [-0.39, 0.29) is 18.6 Å². The van der Waals surface area contributed by atoms with Crippen LogP contribution < -0.4 is 0 Å². The van der Waals surface area contributed by atoms with Crippen molar-refractivity contribution in [2.75, 3.05) is 33.4 Å². The molecule has 1 aromatic rings. The quantitative estimate of drug-likeness (QED) is 0.753. The van der Waals surface area contributed by atoms with Gasteiger partial charge in [-0.25, -0.2) is 0 Å². The molecule has 0 radical (unpaired) electrons. The number of methoxy groups -OCH3 is 1. The van der Waals surface area contributed by atoms with Gasteiger partial charge >= 0.3 is 0 Å². The van der Waals surface area contributed by atoms with Gasteiger partial charge in [-0.15, -0.1) is 0 Å². The van der Waals surface area contributed by atoms with Crippen molar-refractivity contribution in [2.24, 2.45) is 0 Å². The molecule has 0 aliphatic heterocycles. The second-order valence-corrected chi connectivity index (χ2v) is 5.07. The summed E-state index contributed by atoms with van der Waals surface area (Å²) in [6.07, 6.45) is 0.181. The molecule has 1 aromatic carbocycles. The third kappa shape index (κ3) is 6.25. The summed E-state index contributed by atoms with van der Waals surface area (Å²) >= 11 is 0. The smallest absolute Gasteiger partial charge is 0.254 e. The normalized spacial score (nSPS) is 10.9. The van der Waals surface area contributed by atoms with Crippen LogP contribution in [0.3, 0.4) is 0 Å². The number of aliphatic hydroxyl groups excluding tert-OH is 1. The molecular weight excluding hydrogens is 270 g/mol. The van der Waals surface area contributed by atoms with Gasteiger partial charge in [-0.2, -0.15) is 0 Å². The van der Waals surface area contributed by atoms with Crippen molar-refractivity contribution in [3.05, 3.63) is 35.4 Å². The van der Waals surface area contributed by atoms with Gasteiger partial charge < -0.3 is 19.5 Å². The van der Waals surface area contributed by atoms with Crippen molar-refractivity contribution in [2.45, 2.75) is 26.6 Å². The molecule has 5 heteroatoms. The summed E-state index contributed by atoms with van der Waals surface area (Å²) in [6, 6.07) is 7.36. The average Bonchev–Trinajstić information content (AvgIpc) is 2.49. The van der Waals surface area contributed by atoms with Gasteiger partial charge in [0.2, 0.25) is 0 Å². The lowest BCUT2D eigenvalue weighted by Crippen LogP contribution is -2.36. The number of hydrogen-bond donors (Lipinski definition) is 1. The first-order chi connectivity index (χ1) is 10.1. The topological polar surface area (TPSA) is 59.0 Å². The Morgan fingerprint density at radius 2 is 1.90 bits per heavy atom. The van der Waals surface area contributed by atoms with E-state index in [1.165, 1.54) is 0 Å². The van der Waals surface area contributed by atoms with E-state index < -0.39 is 0 Å². The molecule has 0 aliphatic carbocycles. The molecule has 0 bridgehead atoms. The monoisotopic (exact) mass is 295 g/mol. The first kappa shape index (κ1) is 17.6. The number of aliphatic hydroxyl groups is 1. The second kappa shape index (κ2) is 9.50. The van der Waals surface area contributed by atoms with Crippen LogP contribution in [0.15, 0.2) is 24.3 Å². The Labute approximate surface area is 126 Å². The summed E-state index contributed by atoms with van der Waals surface area (Å²) in [7, 11) is 1.59. The van der Waals surface area contributed by atoms with Gasteiger partial charge in [0, 0.05) is 25.8 Å². The van der Waals surface area contributed by atoms with E-state index in [1.807, 2.05) is 26.0 Å². The molecule has 0 aromatic heterocycles. The number of rotatable bonds is 9. The summed E-state index contributed by atoms with van der Waals surface area (Å²) in [4.78, 5) is 13.9. The summed E-state index contributed by atoms with van der Waals surface area (Å²) < 4.78 is 10.5. The van der Waals surface area contributed by atoms with Crippen LogP contribution in [0.25, 0.3) is 0 Å². The highest BCUT2D eigenvalue weighted by molar-refractivity contribution is 5.94. The molecule has 5 nitrogen and oxygen atoms in total. The minimum Gasteiger partial charge on any atom is -0.395 e. The van der Waals surface area contributed by atoms with Crippen molar-refractivity contribution in [1.82, 2.24) is 4.90 Å². The molecule has 21 heavy (non-hydrogen) atoms. The Kier molecular flexibility index (Phi) is 7.97. The molecule has 118 valence electrons. The van der Waals surface area contributed by atoms with Crippen LogP contribution in [0.5, 0.6) is 0 Å². The lowest BCUT2D eigenvalue weighted by Gasteiger charge is -2.21. The van der Waals surface area contributed by atoms with Crippen LogP contribution >= 0.6 is 0 Å². The molecule has 1 N–H and O–H groups in total. The maximum atomic E-state index is 12.3. The predicted octanol–water partition coefficient (Wildman–Crippen LogP) is 1.69. The number of carbonyl (C=O) groups excluding carboxylic acids is 1. The summed E-state index contributed by atoms with van der Waals surface area (Å²) in [6.45, 7) is 5.67. The van der Waals surface area contributed by atoms with Crippen molar-refractivity contribution in [3.63, 3.8) is 0 Å². The maximum Gasteiger partial charge on any atom is 0.254 e. The van der Waals surface area contributed by atoms with Gasteiger partial charge in [-0.3, -0.25) is 4.79 Å². The number of ether oxygens (including phenoxy) is 2. The van der Waals surface area contributed by atoms with Crippen molar-refractivity contribution in [3.8, 4) is 0 Å². The van der Waals surface area contributed by atoms with E-state index >= 15 is 0 Å². The Morgan fingerprint density at radius 1 is 1.24 bits per heavy atom. The van der Waals surface area contributed by atoms with E-state index in [0.717, 1.165) is 5.56 Å².